The zero-order chi connectivity index (χ0) is 13.0. The third-order valence-corrected chi connectivity index (χ3v) is 3.93. The lowest BCUT2D eigenvalue weighted by Crippen LogP contribution is -1.91. The largest absolute Gasteiger partial charge is 0.245 e. The Morgan fingerprint density at radius 1 is 1.28 bits per heavy atom. The van der Waals surface area contributed by atoms with Crippen LogP contribution in [0.4, 0.5) is 0 Å². The molecular weight excluding hydrogens is 240 g/mol. The quantitative estimate of drug-likeness (QED) is 0.780. The minimum atomic E-state index is 0.523. The summed E-state index contributed by atoms with van der Waals surface area (Å²) in [7, 11) is 0. The SMILES string of the molecule is Cc1ccc(C)c(SCc2cccnc2C#N)c1. The number of pyridine rings is 1. The molecule has 0 bridgehead atoms. The first-order valence-electron chi connectivity index (χ1n) is 5.75. The molecule has 1 aromatic carbocycles. The van der Waals surface area contributed by atoms with Gasteiger partial charge >= 0.3 is 0 Å². The molecule has 0 spiro atoms. The van der Waals surface area contributed by atoms with Crippen molar-refractivity contribution in [3.05, 3.63) is 58.9 Å². The molecular formula is C15H14N2S. The van der Waals surface area contributed by atoms with Crippen LogP contribution in [0.2, 0.25) is 0 Å². The molecule has 0 radical (unpaired) electrons. The highest BCUT2D eigenvalue weighted by molar-refractivity contribution is 7.98. The molecule has 0 amide bonds. The highest BCUT2D eigenvalue weighted by Gasteiger charge is 2.05. The molecule has 2 nitrogen and oxygen atoms in total. The van der Waals surface area contributed by atoms with Gasteiger partial charge in [-0.3, -0.25) is 0 Å². The van der Waals surface area contributed by atoms with E-state index in [1.54, 1.807) is 18.0 Å². The lowest BCUT2D eigenvalue weighted by Gasteiger charge is -2.07. The maximum absolute atomic E-state index is 8.99. The minimum Gasteiger partial charge on any atom is -0.245 e. The van der Waals surface area contributed by atoms with Crippen LogP contribution in [-0.2, 0) is 5.75 Å². The fourth-order valence-electron chi connectivity index (χ4n) is 1.67. The Morgan fingerprint density at radius 3 is 2.89 bits per heavy atom. The van der Waals surface area contributed by atoms with Gasteiger partial charge in [0.15, 0.2) is 0 Å². The Bertz CT molecular complexity index is 600. The van der Waals surface area contributed by atoms with Crippen LogP contribution in [0, 0.1) is 25.2 Å². The van der Waals surface area contributed by atoms with Gasteiger partial charge in [-0.05, 0) is 37.1 Å². The summed E-state index contributed by atoms with van der Waals surface area (Å²) in [5, 5.41) is 8.99. The van der Waals surface area contributed by atoms with Crippen LogP contribution in [0.25, 0.3) is 0 Å². The monoisotopic (exact) mass is 254 g/mol. The van der Waals surface area contributed by atoms with Crippen LogP contribution in [0.3, 0.4) is 0 Å². The third kappa shape index (κ3) is 2.91. The first kappa shape index (κ1) is 12.7. The van der Waals surface area contributed by atoms with Gasteiger partial charge in [-0.25, -0.2) is 4.98 Å². The second kappa shape index (κ2) is 5.70. The summed E-state index contributed by atoms with van der Waals surface area (Å²) in [5.41, 5.74) is 4.05. The maximum Gasteiger partial charge on any atom is 0.144 e. The zero-order valence-corrected chi connectivity index (χ0v) is 11.3. The molecule has 2 rings (SSSR count). The van der Waals surface area contributed by atoms with E-state index >= 15 is 0 Å². The van der Waals surface area contributed by atoms with Gasteiger partial charge in [0.05, 0.1) is 0 Å². The molecule has 2 aromatic rings. The Kier molecular flexibility index (Phi) is 4.01. The molecule has 0 aliphatic carbocycles. The summed E-state index contributed by atoms with van der Waals surface area (Å²) in [5.74, 6) is 0.779. The average Bonchev–Trinajstić information content (AvgIpc) is 2.40. The number of rotatable bonds is 3. The van der Waals surface area contributed by atoms with Crippen LogP contribution >= 0.6 is 11.8 Å². The van der Waals surface area contributed by atoms with Gasteiger partial charge in [0.2, 0.25) is 0 Å². The van der Waals surface area contributed by atoms with E-state index in [2.05, 4.69) is 43.1 Å². The molecule has 0 fully saturated rings. The molecule has 0 unspecified atom stereocenters. The Morgan fingerprint density at radius 2 is 2.11 bits per heavy atom. The minimum absolute atomic E-state index is 0.523. The number of thioether (sulfide) groups is 1. The fraction of sp³-hybridized carbons (Fsp3) is 0.200. The van der Waals surface area contributed by atoms with Crippen LogP contribution in [0.5, 0.6) is 0 Å². The number of aryl methyl sites for hydroxylation is 2. The average molecular weight is 254 g/mol. The number of aromatic nitrogens is 1. The molecule has 18 heavy (non-hydrogen) atoms. The Hall–Kier alpha value is -1.79. The summed E-state index contributed by atoms with van der Waals surface area (Å²) >= 11 is 1.75. The fourth-order valence-corrected chi connectivity index (χ4v) is 2.78. The van der Waals surface area contributed by atoms with Crippen LogP contribution < -0.4 is 0 Å². The van der Waals surface area contributed by atoms with E-state index in [0.29, 0.717) is 5.69 Å². The second-order valence-corrected chi connectivity index (χ2v) is 5.20. The maximum atomic E-state index is 8.99. The normalized spacial score (nSPS) is 10.1. The summed E-state index contributed by atoms with van der Waals surface area (Å²) < 4.78 is 0. The predicted molar refractivity (Wildman–Crippen MR) is 74.4 cm³/mol. The highest BCUT2D eigenvalue weighted by atomic mass is 32.2. The number of hydrogen-bond donors (Lipinski definition) is 0. The lowest BCUT2D eigenvalue weighted by molar-refractivity contribution is 1.19. The highest BCUT2D eigenvalue weighted by Crippen LogP contribution is 2.27. The van der Waals surface area contributed by atoms with Crippen molar-refractivity contribution < 1.29 is 0 Å². The molecule has 1 aromatic heterocycles. The van der Waals surface area contributed by atoms with E-state index in [1.807, 2.05) is 12.1 Å². The van der Waals surface area contributed by atoms with E-state index in [9.17, 15) is 0 Å². The van der Waals surface area contributed by atoms with Crippen molar-refractivity contribution >= 4 is 11.8 Å². The number of nitriles is 1. The Labute approximate surface area is 112 Å². The van der Waals surface area contributed by atoms with Crippen LogP contribution in [0.1, 0.15) is 22.4 Å². The van der Waals surface area contributed by atoms with E-state index < -0.39 is 0 Å². The molecule has 0 saturated carbocycles. The van der Waals surface area contributed by atoms with Gasteiger partial charge < -0.3 is 0 Å². The van der Waals surface area contributed by atoms with Gasteiger partial charge in [0.25, 0.3) is 0 Å². The summed E-state index contributed by atoms with van der Waals surface area (Å²) in [6.45, 7) is 4.20. The smallest absolute Gasteiger partial charge is 0.144 e. The summed E-state index contributed by atoms with van der Waals surface area (Å²) in [6, 6.07) is 12.4. The predicted octanol–water partition coefficient (Wildman–Crippen LogP) is 3.86. The molecule has 0 aliphatic heterocycles. The summed E-state index contributed by atoms with van der Waals surface area (Å²) in [6.07, 6.45) is 1.66. The second-order valence-electron chi connectivity index (χ2n) is 4.18. The van der Waals surface area contributed by atoms with Gasteiger partial charge in [-0.15, -0.1) is 11.8 Å². The van der Waals surface area contributed by atoms with E-state index in [0.717, 1.165) is 11.3 Å². The molecule has 0 N–H and O–H groups in total. The van der Waals surface area contributed by atoms with E-state index in [-0.39, 0.29) is 0 Å². The number of benzene rings is 1. The van der Waals surface area contributed by atoms with Crippen molar-refractivity contribution in [3.8, 4) is 6.07 Å². The number of hydrogen-bond acceptors (Lipinski definition) is 3. The van der Waals surface area contributed by atoms with E-state index in [4.69, 9.17) is 5.26 Å². The molecule has 0 atom stereocenters. The van der Waals surface area contributed by atoms with Gasteiger partial charge in [0.1, 0.15) is 11.8 Å². The van der Waals surface area contributed by atoms with Crippen molar-refractivity contribution in [3.63, 3.8) is 0 Å². The van der Waals surface area contributed by atoms with Crippen molar-refractivity contribution in [2.24, 2.45) is 0 Å². The molecule has 1 heterocycles. The lowest BCUT2D eigenvalue weighted by atomic mass is 10.2. The Balaban J connectivity index is 2.17. The zero-order valence-electron chi connectivity index (χ0n) is 10.5. The topological polar surface area (TPSA) is 36.7 Å². The van der Waals surface area contributed by atoms with Gasteiger partial charge in [-0.1, -0.05) is 23.8 Å². The van der Waals surface area contributed by atoms with Crippen molar-refractivity contribution in [2.45, 2.75) is 24.5 Å². The van der Waals surface area contributed by atoms with E-state index in [1.165, 1.54) is 16.0 Å². The molecule has 0 aliphatic rings. The molecule has 90 valence electrons. The van der Waals surface area contributed by atoms with Crippen molar-refractivity contribution in [2.75, 3.05) is 0 Å². The summed E-state index contributed by atoms with van der Waals surface area (Å²) in [4.78, 5) is 5.34. The first-order chi connectivity index (χ1) is 8.70. The van der Waals surface area contributed by atoms with Crippen molar-refractivity contribution in [1.29, 1.82) is 5.26 Å². The van der Waals surface area contributed by atoms with Crippen molar-refractivity contribution in [1.82, 2.24) is 4.98 Å². The molecule has 3 heteroatoms. The standard InChI is InChI=1S/C15H14N2S/c1-11-5-6-12(2)15(8-11)18-10-13-4-3-7-17-14(13)9-16/h3-8H,10H2,1-2H3. The van der Waals surface area contributed by atoms with Gasteiger partial charge in [-0.2, -0.15) is 5.26 Å². The number of nitrogens with zero attached hydrogens (tertiary/aromatic N) is 2. The molecule has 0 saturated heterocycles. The van der Waals surface area contributed by atoms with Crippen LogP contribution in [0.15, 0.2) is 41.4 Å². The third-order valence-electron chi connectivity index (χ3n) is 2.72. The first-order valence-corrected chi connectivity index (χ1v) is 6.73. The van der Waals surface area contributed by atoms with Gasteiger partial charge in [0, 0.05) is 16.8 Å². The van der Waals surface area contributed by atoms with Crippen LogP contribution in [-0.4, -0.2) is 4.98 Å².